The van der Waals surface area contributed by atoms with Crippen molar-refractivity contribution in [3.63, 3.8) is 0 Å². The summed E-state index contributed by atoms with van der Waals surface area (Å²) in [6, 6.07) is 18.9. The van der Waals surface area contributed by atoms with E-state index < -0.39 is 28.3 Å². The number of esters is 1. The van der Waals surface area contributed by atoms with Crippen LogP contribution in [0.15, 0.2) is 77.7 Å². The number of nitrogens with one attached hydrogen (secondary N) is 1. The standard InChI is InChI=1S/C22H18ClNO6S/c1-31(27,28)18-12-6-15(7-13-18)22(26)29-14-21(25)24-16-8-10-17(11-9-16)30-20-5-3-2-4-19(20)23/h2-13H,14H2,1H3,(H,24,25). The van der Waals surface area contributed by atoms with E-state index in [1.54, 1.807) is 48.5 Å². The molecule has 0 radical (unpaired) electrons. The molecule has 0 atom stereocenters. The van der Waals surface area contributed by atoms with Crippen molar-refractivity contribution < 1.29 is 27.5 Å². The molecule has 0 aliphatic heterocycles. The summed E-state index contributed by atoms with van der Waals surface area (Å²) >= 11 is 6.06. The number of carbonyl (C=O) groups is 2. The van der Waals surface area contributed by atoms with E-state index in [9.17, 15) is 18.0 Å². The molecule has 1 amide bonds. The van der Waals surface area contributed by atoms with Crippen LogP contribution in [0.2, 0.25) is 5.02 Å². The van der Waals surface area contributed by atoms with Crippen molar-refractivity contribution in [3.05, 3.63) is 83.4 Å². The fourth-order valence-corrected chi connectivity index (χ4v) is 3.32. The average Bonchev–Trinajstić information content (AvgIpc) is 2.74. The minimum atomic E-state index is -3.36. The monoisotopic (exact) mass is 459 g/mol. The van der Waals surface area contributed by atoms with Crippen LogP contribution in [0.4, 0.5) is 5.69 Å². The van der Waals surface area contributed by atoms with Crippen molar-refractivity contribution >= 4 is 39.0 Å². The second kappa shape index (κ2) is 9.63. The maximum absolute atomic E-state index is 12.0. The van der Waals surface area contributed by atoms with Crippen molar-refractivity contribution in [3.8, 4) is 11.5 Å². The Labute approximate surface area is 184 Å². The molecule has 9 heteroatoms. The van der Waals surface area contributed by atoms with E-state index in [2.05, 4.69) is 5.32 Å². The maximum atomic E-state index is 12.0. The summed E-state index contributed by atoms with van der Waals surface area (Å²) in [6.45, 7) is -0.496. The lowest BCUT2D eigenvalue weighted by Gasteiger charge is -2.09. The lowest BCUT2D eigenvalue weighted by molar-refractivity contribution is -0.119. The van der Waals surface area contributed by atoms with Crippen molar-refractivity contribution in [1.82, 2.24) is 0 Å². The van der Waals surface area contributed by atoms with Gasteiger partial charge in [0.25, 0.3) is 5.91 Å². The first-order valence-corrected chi connectivity index (χ1v) is 11.3. The third-order valence-corrected chi connectivity index (χ3v) is 5.50. The predicted molar refractivity (Wildman–Crippen MR) is 116 cm³/mol. The smallest absolute Gasteiger partial charge is 0.338 e. The number of benzene rings is 3. The Kier molecular flexibility index (Phi) is 6.94. The van der Waals surface area contributed by atoms with Crippen molar-refractivity contribution in [2.24, 2.45) is 0 Å². The second-order valence-electron chi connectivity index (χ2n) is 6.48. The zero-order chi connectivity index (χ0) is 22.4. The van der Waals surface area contributed by atoms with Crippen LogP contribution in [-0.4, -0.2) is 33.2 Å². The summed E-state index contributed by atoms with van der Waals surface area (Å²) in [5.74, 6) is -0.216. The molecule has 0 aromatic heterocycles. The zero-order valence-electron chi connectivity index (χ0n) is 16.4. The van der Waals surface area contributed by atoms with Gasteiger partial charge in [0.1, 0.15) is 11.5 Å². The Hall–Kier alpha value is -3.36. The molecule has 0 saturated carbocycles. The molecule has 0 aliphatic carbocycles. The number of halogens is 1. The number of carbonyl (C=O) groups excluding carboxylic acids is 2. The summed E-state index contributed by atoms with van der Waals surface area (Å²) in [7, 11) is -3.36. The van der Waals surface area contributed by atoms with Crippen molar-refractivity contribution in [1.29, 1.82) is 0 Å². The molecule has 0 saturated heterocycles. The number of anilines is 1. The van der Waals surface area contributed by atoms with E-state index in [-0.39, 0.29) is 10.5 Å². The number of hydrogen-bond acceptors (Lipinski definition) is 6. The molecule has 0 spiro atoms. The van der Waals surface area contributed by atoms with Crippen molar-refractivity contribution in [2.75, 3.05) is 18.2 Å². The van der Waals surface area contributed by atoms with Crippen LogP contribution >= 0.6 is 11.6 Å². The molecule has 0 heterocycles. The average molecular weight is 460 g/mol. The van der Waals surface area contributed by atoms with Gasteiger partial charge in [-0.1, -0.05) is 23.7 Å². The van der Waals surface area contributed by atoms with Crippen LogP contribution in [-0.2, 0) is 19.4 Å². The zero-order valence-corrected chi connectivity index (χ0v) is 17.9. The van der Waals surface area contributed by atoms with Gasteiger partial charge in [-0.05, 0) is 60.7 Å². The van der Waals surface area contributed by atoms with Gasteiger partial charge in [0.2, 0.25) is 0 Å². The first-order valence-electron chi connectivity index (χ1n) is 9.02. The van der Waals surface area contributed by atoms with Crippen LogP contribution in [0.25, 0.3) is 0 Å². The number of ether oxygens (including phenoxy) is 2. The molecule has 7 nitrogen and oxygen atoms in total. The highest BCUT2D eigenvalue weighted by molar-refractivity contribution is 7.90. The van der Waals surface area contributed by atoms with Gasteiger partial charge in [-0.3, -0.25) is 4.79 Å². The SMILES string of the molecule is CS(=O)(=O)c1ccc(C(=O)OCC(=O)Nc2ccc(Oc3ccccc3Cl)cc2)cc1. The van der Waals surface area contributed by atoms with Crippen LogP contribution in [0.3, 0.4) is 0 Å². The fraction of sp³-hybridized carbons (Fsp3) is 0.0909. The number of para-hydroxylation sites is 1. The van der Waals surface area contributed by atoms with Gasteiger partial charge in [0.05, 0.1) is 15.5 Å². The Morgan fingerprint density at radius 3 is 2.19 bits per heavy atom. The molecule has 3 aromatic carbocycles. The molecule has 0 bridgehead atoms. The molecule has 3 rings (SSSR count). The number of rotatable bonds is 7. The Morgan fingerprint density at radius 1 is 0.935 bits per heavy atom. The highest BCUT2D eigenvalue weighted by atomic mass is 35.5. The van der Waals surface area contributed by atoms with Gasteiger partial charge in [-0.15, -0.1) is 0 Å². The number of sulfone groups is 1. The summed E-state index contributed by atoms with van der Waals surface area (Å²) in [6.07, 6.45) is 1.07. The molecule has 1 N–H and O–H groups in total. The molecule has 31 heavy (non-hydrogen) atoms. The van der Waals surface area contributed by atoms with E-state index in [0.717, 1.165) is 6.26 Å². The third kappa shape index (κ3) is 6.31. The summed E-state index contributed by atoms with van der Waals surface area (Å²) < 4.78 is 33.5. The Balaban J connectivity index is 1.51. The molecule has 0 unspecified atom stereocenters. The van der Waals surface area contributed by atoms with E-state index in [1.807, 2.05) is 0 Å². The van der Waals surface area contributed by atoms with Crippen LogP contribution in [0.1, 0.15) is 10.4 Å². The van der Waals surface area contributed by atoms with Gasteiger partial charge < -0.3 is 14.8 Å². The third-order valence-electron chi connectivity index (χ3n) is 4.06. The lowest BCUT2D eigenvalue weighted by atomic mass is 10.2. The number of hydrogen-bond donors (Lipinski definition) is 1. The molecule has 160 valence electrons. The van der Waals surface area contributed by atoms with E-state index in [4.69, 9.17) is 21.1 Å². The number of amides is 1. The Bertz CT molecular complexity index is 1190. The largest absolute Gasteiger partial charge is 0.456 e. The lowest BCUT2D eigenvalue weighted by Crippen LogP contribution is -2.20. The van der Waals surface area contributed by atoms with Gasteiger partial charge >= 0.3 is 5.97 Å². The van der Waals surface area contributed by atoms with Gasteiger partial charge in [0.15, 0.2) is 16.4 Å². The molecular weight excluding hydrogens is 442 g/mol. The van der Waals surface area contributed by atoms with Crippen molar-refractivity contribution in [2.45, 2.75) is 4.90 Å². The van der Waals surface area contributed by atoms with Gasteiger partial charge in [0, 0.05) is 11.9 Å². The summed E-state index contributed by atoms with van der Waals surface area (Å²) in [4.78, 5) is 24.2. The summed E-state index contributed by atoms with van der Waals surface area (Å²) in [5, 5.41) is 3.08. The molecular formula is C22H18ClNO6S. The van der Waals surface area contributed by atoms with E-state index >= 15 is 0 Å². The molecule has 3 aromatic rings. The minimum absolute atomic E-state index is 0.0868. The Morgan fingerprint density at radius 2 is 1.58 bits per heavy atom. The maximum Gasteiger partial charge on any atom is 0.338 e. The van der Waals surface area contributed by atoms with E-state index in [0.29, 0.717) is 22.2 Å². The van der Waals surface area contributed by atoms with Crippen LogP contribution in [0, 0.1) is 0 Å². The van der Waals surface area contributed by atoms with Crippen LogP contribution in [0.5, 0.6) is 11.5 Å². The quantitative estimate of drug-likeness (QED) is 0.528. The first-order chi connectivity index (χ1) is 14.7. The highest BCUT2D eigenvalue weighted by Crippen LogP contribution is 2.29. The van der Waals surface area contributed by atoms with Crippen LogP contribution < -0.4 is 10.1 Å². The molecule has 0 fully saturated rings. The molecule has 0 aliphatic rings. The normalized spacial score (nSPS) is 10.9. The fourth-order valence-electron chi connectivity index (χ4n) is 2.51. The van der Waals surface area contributed by atoms with Gasteiger partial charge in [-0.25, -0.2) is 13.2 Å². The van der Waals surface area contributed by atoms with Gasteiger partial charge in [-0.2, -0.15) is 0 Å². The first kappa shape index (κ1) is 22.3. The second-order valence-corrected chi connectivity index (χ2v) is 8.90. The minimum Gasteiger partial charge on any atom is -0.456 e. The topological polar surface area (TPSA) is 98.8 Å². The van der Waals surface area contributed by atoms with E-state index in [1.165, 1.54) is 24.3 Å². The summed E-state index contributed by atoms with van der Waals surface area (Å²) in [5.41, 5.74) is 0.631. The highest BCUT2D eigenvalue weighted by Gasteiger charge is 2.13. The predicted octanol–water partition coefficient (Wildman–Crippen LogP) is 4.33.